The van der Waals surface area contributed by atoms with Crippen molar-refractivity contribution in [1.29, 1.82) is 0 Å². The highest BCUT2D eigenvalue weighted by molar-refractivity contribution is 8.01. The first-order valence-electron chi connectivity index (χ1n) is 8.50. The molecule has 0 spiro atoms. The third kappa shape index (κ3) is 4.16. The zero-order chi connectivity index (χ0) is 17.9. The van der Waals surface area contributed by atoms with Crippen LogP contribution < -0.4 is 10.2 Å². The monoisotopic (exact) mass is 405 g/mol. The van der Waals surface area contributed by atoms with E-state index in [0.29, 0.717) is 5.75 Å². The fraction of sp³-hybridized carbons (Fsp3) is 0.412. The van der Waals surface area contributed by atoms with E-state index in [4.69, 9.17) is 4.98 Å². The number of thioether (sulfide) groups is 1. The molecule has 1 aliphatic rings. The molecule has 0 radical (unpaired) electrons. The van der Waals surface area contributed by atoms with Crippen LogP contribution in [0.2, 0.25) is 0 Å². The Kier molecular flexibility index (Phi) is 5.37. The Balaban J connectivity index is 1.33. The molecule has 1 atom stereocenters. The average molecular weight is 406 g/mol. The number of nitrogens with zero attached hydrogens (tertiary/aromatic N) is 4. The van der Waals surface area contributed by atoms with E-state index in [1.54, 1.807) is 11.3 Å². The predicted octanol–water partition coefficient (Wildman–Crippen LogP) is 3.33. The van der Waals surface area contributed by atoms with E-state index in [-0.39, 0.29) is 11.9 Å². The number of nitrogens with one attached hydrogen (secondary N) is 1. The van der Waals surface area contributed by atoms with Crippen molar-refractivity contribution in [3.05, 3.63) is 29.3 Å². The maximum absolute atomic E-state index is 12.3. The lowest BCUT2D eigenvalue weighted by atomic mass is 10.1. The van der Waals surface area contributed by atoms with Crippen molar-refractivity contribution in [3.8, 4) is 0 Å². The molecule has 1 fully saturated rings. The number of hydrogen-bond acceptors (Lipinski definition) is 8. The summed E-state index contributed by atoms with van der Waals surface area (Å²) in [5.74, 6) is 0.436. The number of carbonyl (C=O) groups excluding carboxylic acids is 1. The maximum Gasteiger partial charge on any atom is 0.230 e. The van der Waals surface area contributed by atoms with Crippen molar-refractivity contribution in [3.63, 3.8) is 0 Å². The van der Waals surface area contributed by atoms with Crippen LogP contribution in [-0.2, 0) is 4.79 Å². The Hall–Kier alpha value is -1.71. The Bertz CT molecular complexity index is 876. The number of amides is 1. The summed E-state index contributed by atoms with van der Waals surface area (Å²) in [7, 11) is 0. The minimum atomic E-state index is 0.0546. The van der Waals surface area contributed by atoms with Gasteiger partial charge in [0.2, 0.25) is 5.91 Å². The second-order valence-corrected chi connectivity index (χ2v) is 9.61. The molecular weight excluding hydrogens is 386 g/mol. The van der Waals surface area contributed by atoms with E-state index in [1.165, 1.54) is 27.8 Å². The van der Waals surface area contributed by atoms with E-state index in [2.05, 4.69) is 26.5 Å². The smallest absolute Gasteiger partial charge is 0.230 e. The highest BCUT2D eigenvalue weighted by atomic mass is 32.2. The molecule has 0 bridgehead atoms. The molecular formula is C17H19N5OS3. The number of para-hydroxylation sites is 1. The lowest BCUT2D eigenvalue weighted by molar-refractivity contribution is -0.119. The summed E-state index contributed by atoms with van der Waals surface area (Å²) in [6.07, 6.45) is 2.07. The van der Waals surface area contributed by atoms with Crippen LogP contribution >= 0.6 is 34.4 Å². The number of hydrogen-bond donors (Lipinski definition) is 1. The molecule has 6 nitrogen and oxygen atoms in total. The first kappa shape index (κ1) is 17.7. The van der Waals surface area contributed by atoms with Crippen LogP contribution in [0.3, 0.4) is 0 Å². The molecule has 136 valence electrons. The van der Waals surface area contributed by atoms with Crippen LogP contribution in [0.15, 0.2) is 28.6 Å². The van der Waals surface area contributed by atoms with Crippen LogP contribution in [0.4, 0.5) is 5.13 Å². The van der Waals surface area contributed by atoms with E-state index in [9.17, 15) is 4.79 Å². The standard InChI is InChI=1S/C17H19N5OS3/c1-11-20-21-17(25-11)24-10-15(23)18-12-5-4-8-22(9-12)16-19-13-6-2-3-7-14(13)26-16/h2-3,6-7,12H,4-5,8-10H2,1H3,(H,18,23)/t12-/m0/s1. The molecule has 0 aliphatic carbocycles. The fourth-order valence-electron chi connectivity index (χ4n) is 3.00. The lowest BCUT2D eigenvalue weighted by Crippen LogP contribution is -2.48. The second-order valence-electron chi connectivity index (χ2n) is 6.19. The summed E-state index contributed by atoms with van der Waals surface area (Å²) in [4.78, 5) is 19.3. The molecule has 0 unspecified atom stereocenters. The van der Waals surface area contributed by atoms with Crippen LogP contribution in [0.1, 0.15) is 17.8 Å². The second kappa shape index (κ2) is 7.89. The van der Waals surface area contributed by atoms with Crippen molar-refractivity contribution in [2.75, 3.05) is 23.7 Å². The minimum Gasteiger partial charge on any atom is -0.351 e. The SMILES string of the molecule is Cc1nnc(SCC(=O)N[C@H]2CCCN(c3nc4ccccc4s3)C2)s1. The quantitative estimate of drug-likeness (QED) is 0.657. The lowest BCUT2D eigenvalue weighted by Gasteiger charge is -2.32. The van der Waals surface area contributed by atoms with E-state index in [0.717, 1.165) is 45.9 Å². The van der Waals surface area contributed by atoms with Crippen molar-refractivity contribution in [2.45, 2.75) is 30.1 Å². The first-order chi connectivity index (χ1) is 12.7. The van der Waals surface area contributed by atoms with Gasteiger partial charge in [0.25, 0.3) is 0 Å². The topological polar surface area (TPSA) is 71.0 Å². The van der Waals surface area contributed by atoms with Crippen LogP contribution in [0.5, 0.6) is 0 Å². The van der Waals surface area contributed by atoms with Gasteiger partial charge in [-0.15, -0.1) is 10.2 Å². The summed E-state index contributed by atoms with van der Waals surface area (Å²) >= 11 is 4.69. The Morgan fingerprint density at radius 3 is 3.04 bits per heavy atom. The highest BCUT2D eigenvalue weighted by Crippen LogP contribution is 2.30. The summed E-state index contributed by atoms with van der Waals surface area (Å²) in [5.41, 5.74) is 1.04. The van der Waals surface area contributed by atoms with Gasteiger partial charge in [-0.3, -0.25) is 4.79 Å². The predicted molar refractivity (Wildman–Crippen MR) is 108 cm³/mol. The van der Waals surface area contributed by atoms with E-state index < -0.39 is 0 Å². The number of aryl methyl sites for hydroxylation is 1. The molecule has 3 aromatic rings. The summed E-state index contributed by atoms with van der Waals surface area (Å²) in [6.45, 7) is 3.72. The van der Waals surface area contributed by atoms with Gasteiger partial charge < -0.3 is 10.2 Å². The van der Waals surface area contributed by atoms with Gasteiger partial charge in [-0.05, 0) is 31.9 Å². The van der Waals surface area contributed by atoms with Crippen molar-refractivity contribution in [2.24, 2.45) is 0 Å². The number of carbonyl (C=O) groups is 1. The average Bonchev–Trinajstić information content (AvgIpc) is 3.26. The molecule has 1 amide bonds. The number of benzene rings is 1. The summed E-state index contributed by atoms with van der Waals surface area (Å²) < 4.78 is 2.05. The van der Waals surface area contributed by atoms with Crippen LogP contribution in [0.25, 0.3) is 10.2 Å². The molecule has 3 heterocycles. The Labute approximate surface area is 164 Å². The zero-order valence-corrected chi connectivity index (χ0v) is 16.8. The van der Waals surface area contributed by atoms with Crippen molar-refractivity contribution in [1.82, 2.24) is 20.5 Å². The maximum atomic E-state index is 12.3. The van der Waals surface area contributed by atoms with Gasteiger partial charge >= 0.3 is 0 Å². The third-order valence-corrected chi connectivity index (χ3v) is 7.24. The van der Waals surface area contributed by atoms with Gasteiger partial charge in [-0.25, -0.2) is 4.98 Å². The Morgan fingerprint density at radius 1 is 1.35 bits per heavy atom. The molecule has 2 aromatic heterocycles. The van der Waals surface area contributed by atoms with Gasteiger partial charge in [0, 0.05) is 19.1 Å². The molecule has 9 heteroatoms. The summed E-state index contributed by atoms with van der Waals surface area (Å²) in [6, 6.07) is 8.37. The van der Waals surface area contributed by atoms with Gasteiger partial charge in [-0.1, -0.05) is 46.6 Å². The van der Waals surface area contributed by atoms with E-state index in [1.807, 2.05) is 25.1 Å². The van der Waals surface area contributed by atoms with Crippen molar-refractivity contribution < 1.29 is 4.79 Å². The molecule has 1 saturated heterocycles. The number of fused-ring (bicyclic) bond motifs is 1. The highest BCUT2D eigenvalue weighted by Gasteiger charge is 2.23. The minimum absolute atomic E-state index is 0.0546. The molecule has 1 aromatic carbocycles. The fourth-order valence-corrected chi connectivity index (χ4v) is 5.62. The first-order valence-corrected chi connectivity index (χ1v) is 11.1. The van der Waals surface area contributed by atoms with E-state index >= 15 is 0 Å². The Morgan fingerprint density at radius 2 is 2.23 bits per heavy atom. The molecule has 4 rings (SSSR count). The number of piperidine rings is 1. The van der Waals surface area contributed by atoms with Crippen LogP contribution in [0, 0.1) is 6.92 Å². The zero-order valence-electron chi connectivity index (χ0n) is 14.3. The molecule has 1 aliphatic heterocycles. The normalized spacial score (nSPS) is 17.6. The summed E-state index contributed by atoms with van der Waals surface area (Å²) in [5, 5.41) is 13.1. The van der Waals surface area contributed by atoms with Gasteiger partial charge in [0.1, 0.15) is 5.01 Å². The van der Waals surface area contributed by atoms with Gasteiger partial charge in [0.15, 0.2) is 9.47 Å². The van der Waals surface area contributed by atoms with Gasteiger partial charge in [-0.2, -0.15) is 0 Å². The number of rotatable bonds is 5. The number of aromatic nitrogens is 3. The van der Waals surface area contributed by atoms with Gasteiger partial charge in [0.05, 0.1) is 16.0 Å². The van der Waals surface area contributed by atoms with Crippen LogP contribution in [-0.4, -0.2) is 46.0 Å². The largest absolute Gasteiger partial charge is 0.351 e. The third-order valence-electron chi connectivity index (χ3n) is 4.17. The van der Waals surface area contributed by atoms with Crippen molar-refractivity contribution >= 4 is 55.7 Å². The molecule has 26 heavy (non-hydrogen) atoms. The molecule has 1 N–H and O–H groups in total. The number of thiazole rings is 1. The number of anilines is 1. The molecule has 0 saturated carbocycles.